The molecule has 1 aromatic heterocycles. The summed E-state index contributed by atoms with van der Waals surface area (Å²) in [6.45, 7) is -0.406. The molecule has 0 radical (unpaired) electrons. The molecule has 2 aromatic carbocycles. The number of hydrogen-bond donors (Lipinski definition) is 1. The molecule has 7 heteroatoms. The monoisotopic (exact) mass is 413 g/mol. The van der Waals surface area contributed by atoms with Crippen molar-refractivity contribution in [2.45, 2.75) is 12.5 Å². The maximum atomic E-state index is 13.2. The van der Waals surface area contributed by atoms with Gasteiger partial charge in [-0.3, -0.25) is 9.59 Å². The quantitative estimate of drug-likeness (QED) is 0.569. The van der Waals surface area contributed by atoms with Gasteiger partial charge in [0.15, 0.2) is 6.61 Å². The van der Waals surface area contributed by atoms with Crippen LogP contribution in [0, 0.1) is 5.82 Å². The molecule has 1 amide bonds. The van der Waals surface area contributed by atoms with Gasteiger partial charge < -0.3 is 14.8 Å². The first-order valence-electron chi connectivity index (χ1n) is 8.92. The maximum Gasteiger partial charge on any atom is 0.310 e. The van der Waals surface area contributed by atoms with Gasteiger partial charge in [0, 0.05) is 10.4 Å². The predicted octanol–water partition coefficient (Wildman–Crippen LogP) is 3.89. The van der Waals surface area contributed by atoms with Crippen molar-refractivity contribution in [3.63, 3.8) is 0 Å². The number of para-hydroxylation sites is 1. The van der Waals surface area contributed by atoms with Crippen molar-refractivity contribution in [1.82, 2.24) is 5.32 Å². The van der Waals surface area contributed by atoms with Gasteiger partial charge in [-0.15, -0.1) is 11.3 Å². The number of thiophene rings is 1. The fourth-order valence-electron chi connectivity index (χ4n) is 2.83. The number of carbonyl (C=O) groups is 2. The molecule has 0 saturated carbocycles. The SMILES string of the molecule is COc1ccccc1CC(=O)OCC(=O)N[C@@H](c1ccc(F)cc1)c1cccs1. The Kier molecular flexibility index (Phi) is 6.97. The van der Waals surface area contributed by atoms with Gasteiger partial charge in [0.1, 0.15) is 11.6 Å². The molecular weight excluding hydrogens is 393 g/mol. The Labute approximate surface area is 172 Å². The van der Waals surface area contributed by atoms with Gasteiger partial charge in [-0.25, -0.2) is 4.39 Å². The number of rotatable bonds is 8. The third-order valence-corrected chi connectivity index (χ3v) is 5.17. The summed E-state index contributed by atoms with van der Waals surface area (Å²) in [5.74, 6) is -0.738. The highest BCUT2D eigenvalue weighted by atomic mass is 32.1. The molecule has 0 aliphatic carbocycles. The molecule has 0 unspecified atom stereocenters. The molecule has 29 heavy (non-hydrogen) atoms. The van der Waals surface area contributed by atoms with Crippen molar-refractivity contribution in [3.05, 3.63) is 87.9 Å². The van der Waals surface area contributed by atoms with Crippen LogP contribution >= 0.6 is 11.3 Å². The molecule has 1 N–H and O–H groups in total. The summed E-state index contributed by atoms with van der Waals surface area (Å²) in [7, 11) is 1.53. The zero-order valence-corrected chi connectivity index (χ0v) is 16.6. The maximum absolute atomic E-state index is 13.2. The largest absolute Gasteiger partial charge is 0.496 e. The predicted molar refractivity (Wildman–Crippen MR) is 108 cm³/mol. The zero-order valence-electron chi connectivity index (χ0n) is 15.8. The highest BCUT2D eigenvalue weighted by Gasteiger charge is 2.19. The molecule has 0 bridgehead atoms. The van der Waals surface area contributed by atoms with E-state index in [2.05, 4.69) is 5.32 Å². The number of halogens is 1. The minimum atomic E-state index is -0.529. The summed E-state index contributed by atoms with van der Waals surface area (Å²) in [5, 5.41) is 4.74. The lowest BCUT2D eigenvalue weighted by Gasteiger charge is -2.18. The first-order valence-corrected chi connectivity index (χ1v) is 9.80. The number of amides is 1. The Morgan fingerprint density at radius 1 is 1.07 bits per heavy atom. The van der Waals surface area contributed by atoms with E-state index in [0.717, 1.165) is 10.4 Å². The second kappa shape index (κ2) is 9.84. The molecule has 1 heterocycles. The lowest BCUT2D eigenvalue weighted by Crippen LogP contribution is -2.33. The van der Waals surface area contributed by atoms with Crippen molar-refractivity contribution < 1.29 is 23.5 Å². The average molecular weight is 413 g/mol. The summed E-state index contributed by atoms with van der Waals surface area (Å²) in [5.41, 5.74) is 1.42. The van der Waals surface area contributed by atoms with Gasteiger partial charge in [-0.2, -0.15) is 0 Å². The molecular formula is C22H20FNO4S. The standard InChI is InChI=1S/C22H20FNO4S/c1-27-18-6-3-2-5-16(18)13-21(26)28-14-20(25)24-22(19-7-4-12-29-19)15-8-10-17(23)11-9-15/h2-12,22H,13-14H2,1H3,(H,24,25)/t22-/m0/s1. The minimum absolute atomic E-state index is 0.00358. The van der Waals surface area contributed by atoms with Crippen LogP contribution in [0.2, 0.25) is 0 Å². The number of ether oxygens (including phenoxy) is 2. The first kappa shape index (κ1) is 20.5. The number of methoxy groups -OCH3 is 1. The number of benzene rings is 2. The van der Waals surface area contributed by atoms with Crippen LogP contribution in [0.4, 0.5) is 4.39 Å². The second-order valence-corrected chi connectivity index (χ2v) is 7.20. The van der Waals surface area contributed by atoms with Crippen LogP contribution in [0.1, 0.15) is 22.0 Å². The van der Waals surface area contributed by atoms with Crippen LogP contribution in [0.15, 0.2) is 66.0 Å². The summed E-state index contributed by atoms with van der Waals surface area (Å²) >= 11 is 1.47. The number of esters is 1. The van der Waals surface area contributed by atoms with Gasteiger partial charge in [-0.05, 0) is 35.2 Å². The van der Waals surface area contributed by atoms with Crippen LogP contribution in [0.5, 0.6) is 5.75 Å². The highest BCUT2D eigenvalue weighted by Crippen LogP contribution is 2.26. The normalized spacial score (nSPS) is 11.5. The number of hydrogen-bond acceptors (Lipinski definition) is 5. The smallest absolute Gasteiger partial charge is 0.310 e. The van der Waals surface area contributed by atoms with Crippen LogP contribution in [0.3, 0.4) is 0 Å². The van der Waals surface area contributed by atoms with Gasteiger partial charge in [0.25, 0.3) is 5.91 Å². The fraction of sp³-hybridized carbons (Fsp3) is 0.182. The average Bonchev–Trinajstić information content (AvgIpc) is 3.26. The van der Waals surface area contributed by atoms with E-state index in [1.807, 2.05) is 17.5 Å². The van der Waals surface area contributed by atoms with Crippen LogP contribution in [-0.2, 0) is 20.7 Å². The highest BCUT2D eigenvalue weighted by molar-refractivity contribution is 7.10. The Balaban J connectivity index is 1.60. The minimum Gasteiger partial charge on any atom is -0.496 e. The van der Waals surface area contributed by atoms with Gasteiger partial charge in [0.05, 0.1) is 19.6 Å². The summed E-state index contributed by atoms with van der Waals surface area (Å²) < 4.78 is 23.6. The first-order chi connectivity index (χ1) is 14.1. The third kappa shape index (κ3) is 5.65. The molecule has 0 saturated heterocycles. The number of carbonyl (C=O) groups excluding carboxylic acids is 2. The van der Waals surface area contributed by atoms with Crippen LogP contribution in [-0.4, -0.2) is 25.6 Å². The Morgan fingerprint density at radius 3 is 2.52 bits per heavy atom. The molecule has 5 nitrogen and oxygen atoms in total. The molecule has 0 aliphatic heterocycles. The van der Waals surface area contributed by atoms with E-state index in [9.17, 15) is 14.0 Å². The zero-order chi connectivity index (χ0) is 20.6. The molecule has 150 valence electrons. The second-order valence-electron chi connectivity index (χ2n) is 6.22. The lowest BCUT2D eigenvalue weighted by molar-refractivity contribution is -0.148. The van der Waals surface area contributed by atoms with Crippen molar-refractivity contribution in [2.75, 3.05) is 13.7 Å². The Bertz CT molecular complexity index is 957. The lowest BCUT2D eigenvalue weighted by atomic mass is 10.1. The van der Waals surface area contributed by atoms with E-state index >= 15 is 0 Å². The fourth-order valence-corrected chi connectivity index (χ4v) is 3.64. The van der Waals surface area contributed by atoms with E-state index in [4.69, 9.17) is 9.47 Å². The number of nitrogens with one attached hydrogen (secondary N) is 1. The van der Waals surface area contributed by atoms with Gasteiger partial charge in [0.2, 0.25) is 0 Å². The summed E-state index contributed by atoms with van der Waals surface area (Å²) in [6, 6.07) is 16.4. The Morgan fingerprint density at radius 2 is 1.83 bits per heavy atom. The summed E-state index contributed by atoms with van der Waals surface area (Å²) in [6.07, 6.45) is 0.00358. The van der Waals surface area contributed by atoms with E-state index in [-0.39, 0.29) is 12.2 Å². The van der Waals surface area contributed by atoms with Crippen molar-refractivity contribution in [2.24, 2.45) is 0 Å². The van der Waals surface area contributed by atoms with Crippen molar-refractivity contribution in [3.8, 4) is 5.75 Å². The van der Waals surface area contributed by atoms with E-state index in [1.54, 1.807) is 36.4 Å². The molecule has 0 fully saturated rings. The summed E-state index contributed by atoms with van der Waals surface area (Å²) in [4.78, 5) is 25.4. The van der Waals surface area contributed by atoms with Gasteiger partial charge >= 0.3 is 5.97 Å². The van der Waals surface area contributed by atoms with Crippen molar-refractivity contribution in [1.29, 1.82) is 0 Å². The molecule has 3 rings (SSSR count). The van der Waals surface area contributed by atoms with E-state index in [0.29, 0.717) is 11.3 Å². The van der Waals surface area contributed by atoms with Crippen molar-refractivity contribution >= 4 is 23.2 Å². The molecule has 3 aromatic rings. The molecule has 0 spiro atoms. The third-order valence-electron chi connectivity index (χ3n) is 4.23. The van der Waals surface area contributed by atoms with E-state index < -0.39 is 24.5 Å². The van der Waals surface area contributed by atoms with E-state index in [1.165, 1.54) is 30.6 Å². The molecule has 0 aliphatic rings. The van der Waals surface area contributed by atoms with Crippen LogP contribution < -0.4 is 10.1 Å². The Hall–Kier alpha value is -3.19. The molecule has 1 atom stereocenters. The van der Waals surface area contributed by atoms with Gasteiger partial charge in [-0.1, -0.05) is 36.4 Å². The topological polar surface area (TPSA) is 64.6 Å². The van der Waals surface area contributed by atoms with Crippen LogP contribution in [0.25, 0.3) is 0 Å².